The number of amides is 1. The molecule has 2 aromatic rings. The van der Waals surface area contributed by atoms with Crippen LogP contribution in [0.3, 0.4) is 0 Å². The van der Waals surface area contributed by atoms with Gasteiger partial charge in [0.25, 0.3) is 0 Å². The molecule has 0 aliphatic carbocycles. The lowest BCUT2D eigenvalue weighted by molar-refractivity contribution is -0.145. The van der Waals surface area contributed by atoms with Gasteiger partial charge in [-0.15, -0.1) is 0 Å². The highest BCUT2D eigenvalue weighted by atomic mass is 16.6. The van der Waals surface area contributed by atoms with E-state index >= 15 is 0 Å². The van der Waals surface area contributed by atoms with Gasteiger partial charge < -0.3 is 24.6 Å². The van der Waals surface area contributed by atoms with Gasteiger partial charge in [0.05, 0.1) is 13.2 Å². The summed E-state index contributed by atoms with van der Waals surface area (Å²) in [6.45, 7) is 2.41. The number of hydrogen-bond donors (Lipinski definition) is 2. The summed E-state index contributed by atoms with van der Waals surface area (Å²) in [5.41, 5.74) is 1.97. The number of carbonyl (C=O) groups excluding carboxylic acids is 2. The fourth-order valence-corrected chi connectivity index (χ4v) is 2.73. The first kappa shape index (κ1) is 23.2. The van der Waals surface area contributed by atoms with Gasteiger partial charge in [-0.05, 0) is 43.0 Å². The number of benzene rings is 2. The normalized spacial score (nSPS) is 11.4. The first-order valence-corrected chi connectivity index (χ1v) is 10.1. The van der Waals surface area contributed by atoms with Crippen LogP contribution in [0.5, 0.6) is 5.75 Å². The third-order valence-electron chi connectivity index (χ3n) is 4.30. The van der Waals surface area contributed by atoms with Gasteiger partial charge >= 0.3 is 12.1 Å². The van der Waals surface area contributed by atoms with E-state index in [-0.39, 0.29) is 32.8 Å². The van der Waals surface area contributed by atoms with Crippen LogP contribution in [0.1, 0.15) is 30.9 Å². The largest absolute Gasteiger partial charge is 0.494 e. The Balaban J connectivity index is 1.82. The smallest absolute Gasteiger partial charge is 0.408 e. The highest BCUT2D eigenvalue weighted by molar-refractivity contribution is 5.81. The maximum atomic E-state index is 12.2. The summed E-state index contributed by atoms with van der Waals surface area (Å²) in [6, 6.07) is 16.0. The summed E-state index contributed by atoms with van der Waals surface area (Å²) >= 11 is 0. The Hall–Kier alpha value is -3.06. The van der Waals surface area contributed by atoms with Crippen LogP contribution in [-0.4, -0.2) is 43.0 Å². The van der Waals surface area contributed by atoms with Crippen LogP contribution >= 0.6 is 0 Å². The molecule has 0 aliphatic rings. The number of hydrogen-bond acceptors (Lipinski definition) is 6. The zero-order valence-corrected chi connectivity index (χ0v) is 17.2. The van der Waals surface area contributed by atoms with Crippen LogP contribution in [0, 0.1) is 0 Å². The van der Waals surface area contributed by atoms with Crippen LogP contribution in [-0.2, 0) is 27.3 Å². The molecule has 1 atom stereocenters. The van der Waals surface area contributed by atoms with Gasteiger partial charge in [0.1, 0.15) is 18.4 Å². The number of esters is 1. The maximum absolute atomic E-state index is 12.2. The zero-order valence-electron chi connectivity index (χ0n) is 17.2. The summed E-state index contributed by atoms with van der Waals surface area (Å²) in [6.07, 6.45) is 1.07. The highest BCUT2D eigenvalue weighted by Gasteiger charge is 2.23. The third-order valence-corrected chi connectivity index (χ3v) is 4.30. The van der Waals surface area contributed by atoms with Crippen molar-refractivity contribution in [2.24, 2.45) is 0 Å². The van der Waals surface area contributed by atoms with Crippen LogP contribution in [0.15, 0.2) is 54.6 Å². The van der Waals surface area contributed by atoms with Crippen molar-refractivity contribution in [1.29, 1.82) is 0 Å². The molecule has 2 rings (SSSR count). The van der Waals surface area contributed by atoms with Gasteiger partial charge in [-0.2, -0.15) is 0 Å². The standard InChI is InChI=1S/C23H29NO6/c1-2-28-22(26)21(24-23(27)30-17-19-7-4-3-5-8-19)14-16-29-20-12-10-18(11-13-20)9-6-15-25/h3-5,7-8,10-13,21,25H,2,6,9,14-17H2,1H3,(H,24,27)/t21-/m0/s1. The van der Waals surface area contributed by atoms with Crippen molar-refractivity contribution in [3.05, 3.63) is 65.7 Å². The number of rotatable bonds is 12. The number of aliphatic hydroxyl groups excluding tert-OH is 1. The van der Waals surface area contributed by atoms with E-state index < -0.39 is 18.1 Å². The molecule has 0 aliphatic heterocycles. The van der Waals surface area contributed by atoms with E-state index in [0.717, 1.165) is 17.5 Å². The lowest BCUT2D eigenvalue weighted by Crippen LogP contribution is -2.43. The molecular formula is C23H29NO6. The minimum Gasteiger partial charge on any atom is -0.494 e. The topological polar surface area (TPSA) is 94.1 Å². The van der Waals surface area contributed by atoms with E-state index in [1.807, 2.05) is 54.6 Å². The summed E-state index contributed by atoms with van der Waals surface area (Å²) in [5.74, 6) is 0.133. The Morgan fingerprint density at radius 2 is 1.73 bits per heavy atom. The second-order valence-electron chi connectivity index (χ2n) is 6.62. The Kier molecular flexibility index (Phi) is 10.2. The van der Waals surface area contributed by atoms with Crippen molar-refractivity contribution >= 4 is 12.1 Å². The molecule has 162 valence electrons. The molecule has 0 aromatic heterocycles. The van der Waals surface area contributed by atoms with E-state index in [4.69, 9.17) is 19.3 Å². The SMILES string of the molecule is CCOC(=O)[C@H](CCOc1ccc(CCCO)cc1)NC(=O)OCc1ccccc1. The molecule has 0 unspecified atom stereocenters. The molecule has 0 saturated carbocycles. The number of nitrogens with one attached hydrogen (secondary N) is 1. The lowest BCUT2D eigenvalue weighted by Gasteiger charge is -2.17. The van der Waals surface area contributed by atoms with Crippen LogP contribution in [0.4, 0.5) is 4.79 Å². The van der Waals surface area contributed by atoms with Crippen molar-refractivity contribution < 1.29 is 28.9 Å². The maximum Gasteiger partial charge on any atom is 0.408 e. The van der Waals surface area contributed by atoms with Crippen molar-refractivity contribution in [1.82, 2.24) is 5.32 Å². The number of carbonyl (C=O) groups is 2. The molecule has 1 amide bonds. The summed E-state index contributed by atoms with van der Waals surface area (Å²) in [7, 11) is 0. The second-order valence-corrected chi connectivity index (χ2v) is 6.62. The molecule has 7 heteroatoms. The van der Waals surface area contributed by atoms with E-state index in [1.54, 1.807) is 6.92 Å². The number of alkyl carbamates (subject to hydrolysis) is 1. The molecule has 0 bridgehead atoms. The number of aliphatic hydroxyl groups is 1. The van der Waals surface area contributed by atoms with Gasteiger partial charge in [0, 0.05) is 13.0 Å². The van der Waals surface area contributed by atoms with Crippen molar-refractivity contribution in [3.8, 4) is 5.75 Å². The molecular weight excluding hydrogens is 386 g/mol. The van der Waals surface area contributed by atoms with Gasteiger partial charge in [-0.25, -0.2) is 9.59 Å². The minimum atomic E-state index is -0.864. The minimum absolute atomic E-state index is 0.112. The molecule has 0 heterocycles. The number of aryl methyl sites for hydroxylation is 1. The van der Waals surface area contributed by atoms with Crippen LogP contribution in [0.25, 0.3) is 0 Å². The Morgan fingerprint density at radius 3 is 2.40 bits per heavy atom. The van der Waals surface area contributed by atoms with E-state index in [1.165, 1.54) is 0 Å². The van der Waals surface area contributed by atoms with E-state index in [2.05, 4.69) is 5.32 Å². The van der Waals surface area contributed by atoms with Crippen LogP contribution in [0.2, 0.25) is 0 Å². The predicted molar refractivity (Wildman–Crippen MR) is 112 cm³/mol. The Labute approximate surface area is 177 Å². The van der Waals surface area contributed by atoms with Crippen molar-refractivity contribution in [2.75, 3.05) is 19.8 Å². The molecule has 0 saturated heterocycles. The summed E-state index contributed by atoms with van der Waals surface area (Å²) in [5, 5.41) is 11.4. The van der Waals surface area contributed by atoms with E-state index in [0.29, 0.717) is 12.2 Å². The Bertz CT molecular complexity index is 763. The summed E-state index contributed by atoms with van der Waals surface area (Å²) < 4.78 is 15.9. The molecule has 30 heavy (non-hydrogen) atoms. The van der Waals surface area contributed by atoms with Crippen molar-refractivity contribution in [3.63, 3.8) is 0 Å². The van der Waals surface area contributed by atoms with Gasteiger partial charge in [-0.3, -0.25) is 0 Å². The second kappa shape index (κ2) is 13.2. The highest BCUT2D eigenvalue weighted by Crippen LogP contribution is 2.14. The molecule has 2 N–H and O–H groups in total. The quantitative estimate of drug-likeness (QED) is 0.517. The monoisotopic (exact) mass is 415 g/mol. The first-order valence-electron chi connectivity index (χ1n) is 10.1. The lowest BCUT2D eigenvalue weighted by atomic mass is 10.1. The molecule has 0 fully saturated rings. The van der Waals surface area contributed by atoms with Crippen molar-refractivity contribution in [2.45, 2.75) is 38.8 Å². The Morgan fingerprint density at radius 1 is 1.00 bits per heavy atom. The van der Waals surface area contributed by atoms with Gasteiger partial charge in [0.2, 0.25) is 0 Å². The third kappa shape index (κ3) is 8.53. The average Bonchev–Trinajstić information content (AvgIpc) is 2.77. The number of ether oxygens (including phenoxy) is 3. The molecule has 7 nitrogen and oxygen atoms in total. The zero-order chi connectivity index (χ0) is 21.6. The molecule has 0 spiro atoms. The first-order chi connectivity index (χ1) is 14.6. The van der Waals surface area contributed by atoms with Crippen LogP contribution < -0.4 is 10.1 Å². The summed E-state index contributed by atoms with van der Waals surface area (Å²) in [4.78, 5) is 24.3. The fourth-order valence-electron chi connectivity index (χ4n) is 2.73. The molecule has 2 aromatic carbocycles. The van der Waals surface area contributed by atoms with E-state index in [9.17, 15) is 9.59 Å². The average molecular weight is 415 g/mol. The molecule has 0 radical (unpaired) electrons. The van der Waals surface area contributed by atoms with Gasteiger partial charge in [-0.1, -0.05) is 42.5 Å². The fraction of sp³-hybridized carbons (Fsp3) is 0.391. The van der Waals surface area contributed by atoms with Gasteiger partial charge in [0.15, 0.2) is 0 Å². The predicted octanol–water partition coefficient (Wildman–Crippen LogP) is 3.24.